The van der Waals surface area contributed by atoms with Gasteiger partial charge in [-0.05, 0) is 62.2 Å². The van der Waals surface area contributed by atoms with E-state index in [0.717, 1.165) is 36.4 Å². The van der Waals surface area contributed by atoms with E-state index in [2.05, 4.69) is 11.9 Å². The molecule has 0 spiro atoms. The van der Waals surface area contributed by atoms with Crippen LogP contribution in [0.4, 0.5) is 0 Å². The molecule has 6 heteroatoms. The van der Waals surface area contributed by atoms with E-state index in [1.807, 2.05) is 6.92 Å². The smallest absolute Gasteiger partial charge is 0.332 e. The van der Waals surface area contributed by atoms with Crippen LogP contribution in [0, 0.1) is 23.7 Å². The fourth-order valence-corrected chi connectivity index (χ4v) is 6.35. The highest BCUT2D eigenvalue weighted by Crippen LogP contribution is 2.63. The molecule has 4 aliphatic rings. The standard InChI is InChI=1S/C20H28N4O2/c1-3-5-23-18-16(19(25)24(6-4-2)20(23)26)21-17(22-18)15-13-8-11-7-12(10-13)14(15)9-11/h11-15H,3-10H2,1-2H3,(H,21,22). The summed E-state index contributed by atoms with van der Waals surface area (Å²) in [6.07, 6.45) is 6.97. The number of aromatic nitrogens is 4. The third kappa shape index (κ3) is 2.13. The van der Waals surface area contributed by atoms with Gasteiger partial charge < -0.3 is 4.98 Å². The summed E-state index contributed by atoms with van der Waals surface area (Å²) in [4.78, 5) is 34.0. The van der Waals surface area contributed by atoms with Crippen molar-refractivity contribution in [2.24, 2.45) is 23.7 Å². The summed E-state index contributed by atoms with van der Waals surface area (Å²) in [7, 11) is 0. The zero-order valence-electron chi connectivity index (χ0n) is 15.7. The van der Waals surface area contributed by atoms with Crippen molar-refractivity contribution >= 4 is 11.2 Å². The molecule has 26 heavy (non-hydrogen) atoms. The van der Waals surface area contributed by atoms with Gasteiger partial charge in [0.15, 0.2) is 5.65 Å². The van der Waals surface area contributed by atoms with Crippen LogP contribution in [0.1, 0.15) is 64.1 Å². The molecule has 0 amide bonds. The Kier molecular flexibility index (Phi) is 3.66. The number of aromatic amines is 1. The molecule has 0 aliphatic heterocycles. The lowest BCUT2D eigenvalue weighted by Crippen LogP contribution is -2.40. The van der Waals surface area contributed by atoms with Gasteiger partial charge in [0.1, 0.15) is 11.3 Å². The Labute approximate surface area is 152 Å². The second kappa shape index (κ2) is 5.83. The lowest BCUT2D eigenvalue weighted by atomic mass is 9.75. The van der Waals surface area contributed by atoms with E-state index < -0.39 is 0 Å². The molecule has 5 unspecified atom stereocenters. The molecule has 2 aromatic rings. The van der Waals surface area contributed by atoms with E-state index in [9.17, 15) is 9.59 Å². The topological polar surface area (TPSA) is 72.7 Å². The maximum absolute atomic E-state index is 12.9. The van der Waals surface area contributed by atoms with Gasteiger partial charge in [0.05, 0.1) is 0 Å². The number of imidazole rings is 1. The fourth-order valence-electron chi connectivity index (χ4n) is 6.35. The highest BCUT2D eigenvalue weighted by molar-refractivity contribution is 5.70. The number of nitrogens with one attached hydrogen (secondary N) is 1. The number of fused-ring (bicyclic) bond motifs is 1. The Bertz CT molecular complexity index is 965. The first-order chi connectivity index (χ1) is 12.6. The molecule has 4 saturated carbocycles. The van der Waals surface area contributed by atoms with Crippen molar-refractivity contribution in [3.05, 3.63) is 26.7 Å². The predicted molar refractivity (Wildman–Crippen MR) is 100 cm³/mol. The largest absolute Gasteiger partial charge is 0.336 e. The van der Waals surface area contributed by atoms with Crippen molar-refractivity contribution in [1.82, 2.24) is 19.1 Å². The lowest BCUT2D eigenvalue weighted by Gasteiger charge is -2.30. The molecule has 0 saturated heterocycles. The van der Waals surface area contributed by atoms with Crippen LogP contribution in [-0.2, 0) is 13.1 Å². The molecule has 4 bridgehead atoms. The van der Waals surface area contributed by atoms with E-state index in [0.29, 0.717) is 36.1 Å². The second-order valence-electron chi connectivity index (χ2n) is 8.73. The van der Waals surface area contributed by atoms with Crippen LogP contribution in [0.5, 0.6) is 0 Å². The van der Waals surface area contributed by atoms with Gasteiger partial charge in [-0.2, -0.15) is 0 Å². The summed E-state index contributed by atoms with van der Waals surface area (Å²) in [6.45, 7) is 5.11. The quantitative estimate of drug-likeness (QED) is 0.895. The number of aryl methyl sites for hydroxylation is 1. The highest BCUT2D eigenvalue weighted by Gasteiger charge is 2.55. The summed E-state index contributed by atoms with van der Waals surface area (Å²) in [6, 6.07) is 0. The van der Waals surface area contributed by atoms with Gasteiger partial charge >= 0.3 is 5.69 Å². The Balaban J connectivity index is 1.67. The number of H-pyrrole nitrogens is 1. The summed E-state index contributed by atoms with van der Waals surface area (Å²) < 4.78 is 3.09. The van der Waals surface area contributed by atoms with Crippen molar-refractivity contribution < 1.29 is 0 Å². The zero-order chi connectivity index (χ0) is 18.0. The maximum atomic E-state index is 12.9. The summed E-state index contributed by atoms with van der Waals surface area (Å²) in [5.74, 6) is 4.63. The molecule has 1 N–H and O–H groups in total. The number of hydrogen-bond donors (Lipinski definition) is 1. The van der Waals surface area contributed by atoms with Crippen LogP contribution in [0.3, 0.4) is 0 Å². The van der Waals surface area contributed by atoms with Crippen LogP contribution >= 0.6 is 0 Å². The monoisotopic (exact) mass is 356 g/mol. The maximum Gasteiger partial charge on any atom is 0.332 e. The van der Waals surface area contributed by atoms with Crippen molar-refractivity contribution in [3.8, 4) is 0 Å². The van der Waals surface area contributed by atoms with Gasteiger partial charge in [0.2, 0.25) is 0 Å². The molecule has 2 aromatic heterocycles. The molecule has 6 nitrogen and oxygen atoms in total. The van der Waals surface area contributed by atoms with Crippen molar-refractivity contribution in [2.45, 2.75) is 71.4 Å². The first-order valence-electron chi connectivity index (χ1n) is 10.4. The van der Waals surface area contributed by atoms with E-state index >= 15 is 0 Å². The van der Waals surface area contributed by atoms with Crippen LogP contribution in [0.25, 0.3) is 11.2 Å². The Morgan fingerprint density at radius 3 is 2.46 bits per heavy atom. The van der Waals surface area contributed by atoms with E-state index in [1.165, 1.54) is 30.3 Å². The molecule has 140 valence electrons. The van der Waals surface area contributed by atoms with E-state index in [-0.39, 0.29) is 11.2 Å². The van der Waals surface area contributed by atoms with Gasteiger partial charge in [-0.3, -0.25) is 13.9 Å². The molecule has 6 rings (SSSR count). The first-order valence-corrected chi connectivity index (χ1v) is 10.4. The predicted octanol–water partition coefficient (Wildman–Crippen LogP) is 2.86. The van der Waals surface area contributed by atoms with Crippen molar-refractivity contribution in [2.75, 3.05) is 0 Å². The lowest BCUT2D eigenvalue weighted by molar-refractivity contribution is 0.244. The average Bonchev–Trinajstić information content (AvgIpc) is 3.24. The van der Waals surface area contributed by atoms with Crippen LogP contribution < -0.4 is 11.2 Å². The third-order valence-corrected chi connectivity index (χ3v) is 7.15. The minimum absolute atomic E-state index is 0.203. The normalized spacial score (nSPS) is 32.2. The minimum atomic E-state index is -0.210. The molecule has 0 aromatic carbocycles. The van der Waals surface area contributed by atoms with E-state index in [4.69, 9.17) is 4.98 Å². The van der Waals surface area contributed by atoms with E-state index in [1.54, 1.807) is 4.57 Å². The molecule has 0 radical (unpaired) electrons. The van der Waals surface area contributed by atoms with Gasteiger partial charge in [-0.1, -0.05) is 13.8 Å². The van der Waals surface area contributed by atoms with Gasteiger partial charge in [0.25, 0.3) is 5.56 Å². The van der Waals surface area contributed by atoms with Gasteiger partial charge in [-0.15, -0.1) is 0 Å². The fraction of sp³-hybridized carbons (Fsp3) is 0.750. The Morgan fingerprint density at radius 2 is 1.73 bits per heavy atom. The van der Waals surface area contributed by atoms with Crippen LogP contribution in [0.2, 0.25) is 0 Å². The van der Waals surface area contributed by atoms with Crippen LogP contribution in [-0.4, -0.2) is 19.1 Å². The molecule has 4 fully saturated rings. The van der Waals surface area contributed by atoms with Gasteiger partial charge in [0, 0.05) is 19.0 Å². The van der Waals surface area contributed by atoms with Crippen molar-refractivity contribution in [1.29, 1.82) is 0 Å². The summed E-state index contributed by atoms with van der Waals surface area (Å²) >= 11 is 0. The minimum Gasteiger partial charge on any atom is -0.336 e. The zero-order valence-corrected chi connectivity index (χ0v) is 15.7. The number of hydrogen-bond acceptors (Lipinski definition) is 3. The highest BCUT2D eigenvalue weighted by atomic mass is 16.2. The molecule has 2 heterocycles. The second-order valence-corrected chi connectivity index (χ2v) is 8.73. The van der Waals surface area contributed by atoms with Gasteiger partial charge in [-0.25, -0.2) is 9.78 Å². The molecular weight excluding hydrogens is 328 g/mol. The van der Waals surface area contributed by atoms with Crippen LogP contribution in [0.15, 0.2) is 9.59 Å². The van der Waals surface area contributed by atoms with Crippen molar-refractivity contribution in [3.63, 3.8) is 0 Å². The molecular formula is C20H28N4O2. The summed E-state index contributed by atoms with van der Waals surface area (Å²) in [5.41, 5.74) is 0.684. The number of nitrogens with zero attached hydrogens (tertiary/aromatic N) is 3. The molecule has 4 aliphatic carbocycles. The molecule has 5 atom stereocenters. The Hall–Kier alpha value is -1.85. The SMILES string of the molecule is CCCn1c(=O)c2[nH]c(C3C4CC5CC(C4)C3C5)nc2n(CCC)c1=O. The summed E-state index contributed by atoms with van der Waals surface area (Å²) in [5, 5.41) is 0. The Morgan fingerprint density at radius 1 is 1.00 bits per heavy atom. The number of rotatable bonds is 5. The third-order valence-electron chi connectivity index (χ3n) is 7.15. The average molecular weight is 356 g/mol. The first kappa shape index (κ1) is 16.3.